The summed E-state index contributed by atoms with van der Waals surface area (Å²) in [6.45, 7) is 4.26. The van der Waals surface area contributed by atoms with Crippen LogP contribution in [0.4, 0.5) is 0 Å². The fourth-order valence-electron chi connectivity index (χ4n) is 1.33. The highest BCUT2D eigenvalue weighted by Crippen LogP contribution is 2.05. The van der Waals surface area contributed by atoms with Gasteiger partial charge in [0.1, 0.15) is 0 Å². The van der Waals surface area contributed by atoms with Crippen molar-refractivity contribution in [1.82, 2.24) is 5.32 Å². The zero-order chi connectivity index (χ0) is 10.8. The Balaban J connectivity index is 1.81. The van der Waals surface area contributed by atoms with Crippen LogP contribution >= 0.6 is 11.8 Å². The Kier molecular flexibility index (Phi) is 7.48. The van der Waals surface area contributed by atoms with Crippen LogP contribution < -0.4 is 5.32 Å². The molecule has 0 atom stereocenters. The summed E-state index contributed by atoms with van der Waals surface area (Å²) in [5.74, 6) is 2.52. The smallest absolute Gasteiger partial charge is 0.0947 e. The summed E-state index contributed by atoms with van der Waals surface area (Å²) in [5.41, 5.74) is 1.23. The number of furan rings is 1. The summed E-state index contributed by atoms with van der Waals surface area (Å²) in [6.07, 6.45) is 7.57. The van der Waals surface area contributed by atoms with Crippen molar-refractivity contribution < 1.29 is 4.42 Å². The van der Waals surface area contributed by atoms with Gasteiger partial charge in [-0.15, -0.1) is 0 Å². The van der Waals surface area contributed by atoms with E-state index in [9.17, 15) is 0 Å². The minimum absolute atomic E-state index is 0.923. The van der Waals surface area contributed by atoms with Crippen LogP contribution in [-0.4, -0.2) is 18.1 Å². The maximum Gasteiger partial charge on any atom is 0.0947 e. The van der Waals surface area contributed by atoms with Crippen molar-refractivity contribution in [2.45, 2.75) is 32.7 Å². The van der Waals surface area contributed by atoms with Gasteiger partial charge in [0, 0.05) is 24.4 Å². The van der Waals surface area contributed by atoms with Crippen molar-refractivity contribution in [3.05, 3.63) is 24.2 Å². The topological polar surface area (TPSA) is 25.2 Å². The lowest BCUT2D eigenvalue weighted by Gasteiger charge is -2.02. The maximum atomic E-state index is 4.99. The molecule has 1 aromatic rings. The predicted molar refractivity (Wildman–Crippen MR) is 67.3 cm³/mol. The van der Waals surface area contributed by atoms with Gasteiger partial charge >= 0.3 is 0 Å². The molecule has 0 aromatic carbocycles. The molecule has 0 saturated heterocycles. The fraction of sp³-hybridized carbons (Fsp3) is 0.667. The Labute approximate surface area is 96.8 Å². The molecule has 0 spiro atoms. The van der Waals surface area contributed by atoms with E-state index in [1.807, 2.05) is 17.8 Å². The van der Waals surface area contributed by atoms with Crippen molar-refractivity contribution >= 4 is 11.8 Å². The van der Waals surface area contributed by atoms with Crippen LogP contribution in [0, 0.1) is 0 Å². The fourth-order valence-corrected chi connectivity index (χ4v) is 2.23. The van der Waals surface area contributed by atoms with Crippen LogP contribution in [0.2, 0.25) is 0 Å². The van der Waals surface area contributed by atoms with Gasteiger partial charge in [0.05, 0.1) is 12.5 Å². The van der Waals surface area contributed by atoms with Gasteiger partial charge in [-0.2, -0.15) is 11.8 Å². The third-order valence-corrected chi connectivity index (χ3v) is 3.29. The molecule has 86 valence electrons. The molecule has 0 aliphatic carbocycles. The van der Waals surface area contributed by atoms with Crippen molar-refractivity contribution in [1.29, 1.82) is 0 Å². The van der Waals surface area contributed by atoms with Crippen molar-refractivity contribution in [2.24, 2.45) is 0 Å². The lowest BCUT2D eigenvalue weighted by atomic mass is 10.3. The zero-order valence-corrected chi connectivity index (χ0v) is 10.3. The van der Waals surface area contributed by atoms with Gasteiger partial charge < -0.3 is 9.73 Å². The Morgan fingerprint density at radius 1 is 1.33 bits per heavy atom. The SMILES string of the molecule is CCCCCSCCNCc1ccoc1. The molecule has 1 N–H and O–H groups in total. The molecule has 1 aromatic heterocycles. The Morgan fingerprint density at radius 2 is 2.27 bits per heavy atom. The average Bonchev–Trinajstić information content (AvgIpc) is 2.75. The van der Waals surface area contributed by atoms with E-state index in [1.165, 1.54) is 36.3 Å². The molecular weight excluding hydrogens is 206 g/mol. The molecule has 0 saturated carbocycles. The number of nitrogens with one attached hydrogen (secondary N) is 1. The van der Waals surface area contributed by atoms with E-state index in [4.69, 9.17) is 4.42 Å². The monoisotopic (exact) mass is 227 g/mol. The Hall–Kier alpha value is -0.410. The van der Waals surface area contributed by atoms with E-state index in [2.05, 4.69) is 12.2 Å². The van der Waals surface area contributed by atoms with Crippen molar-refractivity contribution in [2.75, 3.05) is 18.1 Å². The molecular formula is C12H21NOS. The van der Waals surface area contributed by atoms with Gasteiger partial charge in [0.25, 0.3) is 0 Å². The Bertz CT molecular complexity index is 224. The molecule has 2 nitrogen and oxygen atoms in total. The first-order valence-corrected chi connectivity index (χ1v) is 6.88. The standard InChI is InChI=1S/C12H21NOS/c1-2-3-4-8-15-9-6-13-10-12-5-7-14-11-12/h5,7,11,13H,2-4,6,8-10H2,1H3. The van der Waals surface area contributed by atoms with Crippen LogP contribution in [0.25, 0.3) is 0 Å². The molecule has 0 unspecified atom stereocenters. The maximum absolute atomic E-state index is 4.99. The molecule has 0 aliphatic rings. The second-order valence-electron chi connectivity index (χ2n) is 3.63. The Morgan fingerprint density at radius 3 is 3.00 bits per heavy atom. The molecule has 0 radical (unpaired) electrons. The molecule has 15 heavy (non-hydrogen) atoms. The summed E-state index contributed by atoms with van der Waals surface area (Å²) in [6, 6.07) is 2.00. The summed E-state index contributed by atoms with van der Waals surface area (Å²) in [4.78, 5) is 0. The molecule has 1 rings (SSSR count). The van der Waals surface area contributed by atoms with Crippen LogP contribution in [0.5, 0.6) is 0 Å². The number of hydrogen-bond donors (Lipinski definition) is 1. The average molecular weight is 227 g/mol. The van der Waals surface area contributed by atoms with E-state index in [0.29, 0.717) is 0 Å². The van der Waals surface area contributed by atoms with Crippen molar-refractivity contribution in [3.63, 3.8) is 0 Å². The van der Waals surface area contributed by atoms with E-state index < -0.39 is 0 Å². The van der Waals surface area contributed by atoms with Gasteiger partial charge in [-0.05, 0) is 18.2 Å². The van der Waals surface area contributed by atoms with Gasteiger partial charge in [0.15, 0.2) is 0 Å². The van der Waals surface area contributed by atoms with E-state index in [1.54, 1.807) is 12.5 Å². The zero-order valence-electron chi connectivity index (χ0n) is 9.50. The highest BCUT2D eigenvalue weighted by Gasteiger charge is 1.93. The summed E-state index contributed by atoms with van der Waals surface area (Å²) in [7, 11) is 0. The number of rotatable bonds is 9. The van der Waals surface area contributed by atoms with Gasteiger partial charge in [-0.3, -0.25) is 0 Å². The molecule has 0 bridgehead atoms. The van der Waals surface area contributed by atoms with Crippen LogP contribution in [0.1, 0.15) is 31.7 Å². The van der Waals surface area contributed by atoms with E-state index in [-0.39, 0.29) is 0 Å². The van der Waals surface area contributed by atoms with E-state index in [0.717, 1.165) is 13.1 Å². The first-order chi connectivity index (χ1) is 7.43. The molecule has 0 fully saturated rings. The van der Waals surface area contributed by atoms with Crippen LogP contribution in [-0.2, 0) is 6.54 Å². The van der Waals surface area contributed by atoms with Crippen LogP contribution in [0.3, 0.4) is 0 Å². The quantitative estimate of drug-likeness (QED) is 0.655. The lowest BCUT2D eigenvalue weighted by molar-refractivity contribution is 0.561. The highest BCUT2D eigenvalue weighted by atomic mass is 32.2. The summed E-state index contributed by atoms with van der Waals surface area (Å²) in [5, 5.41) is 3.40. The first-order valence-electron chi connectivity index (χ1n) is 5.73. The van der Waals surface area contributed by atoms with Gasteiger partial charge in [-0.1, -0.05) is 19.8 Å². The second-order valence-corrected chi connectivity index (χ2v) is 4.85. The predicted octanol–water partition coefficient (Wildman–Crippen LogP) is 3.29. The van der Waals surface area contributed by atoms with Gasteiger partial charge in [-0.25, -0.2) is 0 Å². The molecule has 0 amide bonds. The van der Waals surface area contributed by atoms with Crippen molar-refractivity contribution in [3.8, 4) is 0 Å². The third kappa shape index (κ3) is 6.63. The number of thioether (sulfide) groups is 1. The third-order valence-electron chi connectivity index (χ3n) is 2.22. The molecule has 0 aliphatic heterocycles. The van der Waals surface area contributed by atoms with E-state index >= 15 is 0 Å². The van der Waals surface area contributed by atoms with Crippen LogP contribution in [0.15, 0.2) is 23.0 Å². The largest absolute Gasteiger partial charge is 0.472 e. The summed E-state index contributed by atoms with van der Waals surface area (Å²) >= 11 is 2.04. The minimum Gasteiger partial charge on any atom is -0.472 e. The number of unbranched alkanes of at least 4 members (excludes halogenated alkanes) is 2. The number of hydrogen-bond acceptors (Lipinski definition) is 3. The highest BCUT2D eigenvalue weighted by molar-refractivity contribution is 7.99. The first kappa shape index (κ1) is 12.7. The second kappa shape index (κ2) is 8.86. The van der Waals surface area contributed by atoms with Gasteiger partial charge in [0.2, 0.25) is 0 Å². The molecule has 3 heteroatoms. The normalized spacial score (nSPS) is 10.7. The lowest BCUT2D eigenvalue weighted by Crippen LogP contribution is -2.16. The minimum atomic E-state index is 0.923. The molecule has 1 heterocycles. The summed E-state index contributed by atoms with van der Waals surface area (Å²) < 4.78 is 4.99.